The Morgan fingerprint density at radius 3 is 2.55 bits per heavy atom. The van der Waals surface area contributed by atoms with Gasteiger partial charge in [-0.05, 0) is 43.0 Å². The topological polar surface area (TPSA) is 50.4 Å². The van der Waals surface area contributed by atoms with E-state index in [1.165, 1.54) is 5.56 Å². The normalized spacial score (nSPS) is 20.7. The monoisotopic (exact) mass is 326 g/mol. The summed E-state index contributed by atoms with van der Waals surface area (Å²) < 4.78 is 5.30. The molecule has 1 fully saturated rings. The Morgan fingerprint density at radius 1 is 1.36 bits per heavy atom. The summed E-state index contributed by atoms with van der Waals surface area (Å²) in [5, 5.41) is 6.50. The highest BCUT2D eigenvalue weighted by Gasteiger charge is 2.33. The molecule has 2 N–H and O–H groups in total. The lowest BCUT2D eigenvalue weighted by Gasteiger charge is -2.29. The molecule has 2 rings (SSSR count). The molecule has 5 heteroatoms. The minimum atomic E-state index is -0.109. The predicted molar refractivity (Wildman–Crippen MR) is 92.0 cm³/mol. The van der Waals surface area contributed by atoms with Gasteiger partial charge in [0, 0.05) is 19.2 Å². The Hall–Kier alpha value is -1.10. The van der Waals surface area contributed by atoms with Gasteiger partial charge in [0.25, 0.3) is 5.91 Å². The lowest BCUT2D eigenvalue weighted by atomic mass is 9.98. The first kappa shape index (κ1) is 18.9. The number of halogens is 1. The van der Waals surface area contributed by atoms with Crippen molar-refractivity contribution in [3.63, 3.8) is 0 Å². The quantitative estimate of drug-likeness (QED) is 0.845. The van der Waals surface area contributed by atoms with Crippen LogP contribution in [0, 0.1) is 0 Å². The Bertz CT molecular complexity index is 468. The Balaban J connectivity index is 0.00000242. The molecular formula is C17H27ClN2O2. The first-order valence-electron chi connectivity index (χ1n) is 7.68. The van der Waals surface area contributed by atoms with Gasteiger partial charge in [-0.1, -0.05) is 26.0 Å². The summed E-state index contributed by atoms with van der Waals surface area (Å²) in [7, 11) is 1.70. The van der Waals surface area contributed by atoms with E-state index < -0.39 is 0 Å². The van der Waals surface area contributed by atoms with Gasteiger partial charge in [0.1, 0.15) is 0 Å². The fourth-order valence-corrected chi connectivity index (χ4v) is 2.84. The third-order valence-corrected chi connectivity index (χ3v) is 4.18. The highest BCUT2D eigenvalue weighted by atomic mass is 35.5. The molecule has 1 aliphatic heterocycles. The van der Waals surface area contributed by atoms with E-state index >= 15 is 0 Å². The van der Waals surface area contributed by atoms with Gasteiger partial charge in [0.2, 0.25) is 0 Å². The molecule has 0 bridgehead atoms. The molecule has 22 heavy (non-hydrogen) atoms. The van der Waals surface area contributed by atoms with Crippen LogP contribution >= 0.6 is 12.4 Å². The molecule has 1 aliphatic rings. The fraction of sp³-hybridized carbons (Fsp3) is 0.588. The SMILES string of the molecule is COCC1(CNC(=O)c2ccc(C(C)C)cc2)CCCN1.Cl. The lowest BCUT2D eigenvalue weighted by Crippen LogP contribution is -2.53. The highest BCUT2D eigenvalue weighted by molar-refractivity contribution is 5.94. The van der Waals surface area contributed by atoms with Crippen LogP contribution in [0.4, 0.5) is 0 Å². The standard InChI is InChI=1S/C17H26N2O2.ClH/c1-13(2)14-5-7-15(8-6-14)16(20)18-11-17(12-21-3)9-4-10-19-17;/h5-8,13,19H,4,9-12H2,1-3H3,(H,18,20);1H. The molecule has 1 saturated heterocycles. The number of nitrogens with one attached hydrogen (secondary N) is 2. The summed E-state index contributed by atoms with van der Waals surface area (Å²) in [4.78, 5) is 12.2. The number of carbonyl (C=O) groups is 1. The third-order valence-electron chi connectivity index (χ3n) is 4.18. The summed E-state index contributed by atoms with van der Waals surface area (Å²) in [5.74, 6) is 0.462. The first-order chi connectivity index (χ1) is 10.1. The largest absolute Gasteiger partial charge is 0.383 e. The van der Waals surface area contributed by atoms with Crippen molar-refractivity contribution in [2.24, 2.45) is 0 Å². The maximum Gasteiger partial charge on any atom is 0.251 e. The molecule has 124 valence electrons. The van der Waals surface area contributed by atoms with E-state index in [2.05, 4.69) is 24.5 Å². The van der Waals surface area contributed by atoms with Gasteiger partial charge in [0.15, 0.2) is 0 Å². The molecule has 4 nitrogen and oxygen atoms in total. The summed E-state index contributed by atoms with van der Waals surface area (Å²) in [5.41, 5.74) is 1.85. The van der Waals surface area contributed by atoms with Gasteiger partial charge >= 0.3 is 0 Å². The second-order valence-corrected chi connectivity index (χ2v) is 6.20. The zero-order valence-electron chi connectivity index (χ0n) is 13.6. The molecule has 0 saturated carbocycles. The molecular weight excluding hydrogens is 300 g/mol. The maximum atomic E-state index is 12.2. The molecule has 1 unspecified atom stereocenters. The Morgan fingerprint density at radius 2 is 2.05 bits per heavy atom. The summed E-state index contributed by atoms with van der Waals surface area (Å²) in [6.07, 6.45) is 2.16. The van der Waals surface area contributed by atoms with Crippen LogP contribution < -0.4 is 10.6 Å². The number of hydrogen-bond acceptors (Lipinski definition) is 3. The van der Waals surface area contributed by atoms with E-state index in [9.17, 15) is 4.79 Å². The van der Waals surface area contributed by atoms with Gasteiger partial charge in [-0.25, -0.2) is 0 Å². The van der Waals surface area contributed by atoms with Crippen LogP contribution in [0.5, 0.6) is 0 Å². The Labute approximate surface area is 139 Å². The van der Waals surface area contributed by atoms with E-state index in [4.69, 9.17) is 4.74 Å². The van der Waals surface area contributed by atoms with Crippen molar-refractivity contribution in [3.05, 3.63) is 35.4 Å². The molecule has 1 atom stereocenters. The van der Waals surface area contributed by atoms with E-state index in [0.717, 1.165) is 19.4 Å². The zero-order chi connectivity index (χ0) is 15.3. The lowest BCUT2D eigenvalue weighted by molar-refractivity contribution is 0.0892. The number of carbonyl (C=O) groups excluding carboxylic acids is 1. The van der Waals surface area contributed by atoms with Gasteiger partial charge in [-0.2, -0.15) is 0 Å². The highest BCUT2D eigenvalue weighted by Crippen LogP contribution is 2.19. The van der Waals surface area contributed by atoms with Crippen LogP contribution in [-0.2, 0) is 4.74 Å². The number of ether oxygens (including phenoxy) is 1. The second kappa shape index (κ2) is 8.51. The average Bonchev–Trinajstić information content (AvgIpc) is 2.94. The summed E-state index contributed by atoms with van der Waals surface area (Å²) >= 11 is 0. The third kappa shape index (κ3) is 4.70. The first-order valence-corrected chi connectivity index (χ1v) is 7.68. The number of hydrogen-bond donors (Lipinski definition) is 2. The zero-order valence-corrected chi connectivity index (χ0v) is 14.5. The van der Waals surface area contributed by atoms with Gasteiger partial charge < -0.3 is 15.4 Å². The van der Waals surface area contributed by atoms with Gasteiger partial charge in [-0.15, -0.1) is 12.4 Å². The minimum Gasteiger partial charge on any atom is -0.383 e. The smallest absolute Gasteiger partial charge is 0.251 e. The van der Waals surface area contributed by atoms with Crippen molar-refractivity contribution >= 4 is 18.3 Å². The Kier molecular flexibility index (Phi) is 7.33. The molecule has 0 spiro atoms. The molecule has 1 heterocycles. The number of benzene rings is 1. The van der Waals surface area contributed by atoms with Crippen LogP contribution in [0.15, 0.2) is 24.3 Å². The van der Waals surface area contributed by atoms with Crippen LogP contribution in [0.1, 0.15) is 48.5 Å². The maximum absolute atomic E-state index is 12.2. The number of rotatable bonds is 6. The van der Waals surface area contributed by atoms with Crippen LogP contribution in [0.2, 0.25) is 0 Å². The average molecular weight is 327 g/mol. The molecule has 0 aromatic heterocycles. The van der Waals surface area contributed by atoms with Crippen molar-refractivity contribution in [2.75, 3.05) is 26.8 Å². The second-order valence-electron chi connectivity index (χ2n) is 6.20. The molecule has 0 aliphatic carbocycles. The summed E-state index contributed by atoms with van der Waals surface area (Å²) in [6.45, 7) is 6.51. The molecule has 1 aromatic carbocycles. The molecule has 1 aromatic rings. The van der Waals surface area contributed by atoms with Crippen molar-refractivity contribution < 1.29 is 9.53 Å². The van der Waals surface area contributed by atoms with Crippen molar-refractivity contribution in [1.29, 1.82) is 0 Å². The van der Waals surface area contributed by atoms with E-state index in [0.29, 0.717) is 24.6 Å². The fourth-order valence-electron chi connectivity index (χ4n) is 2.84. The van der Waals surface area contributed by atoms with Crippen molar-refractivity contribution in [1.82, 2.24) is 10.6 Å². The van der Waals surface area contributed by atoms with E-state index in [1.54, 1.807) is 7.11 Å². The van der Waals surface area contributed by atoms with Crippen molar-refractivity contribution in [3.8, 4) is 0 Å². The van der Waals surface area contributed by atoms with Crippen LogP contribution in [-0.4, -0.2) is 38.3 Å². The van der Waals surface area contributed by atoms with Gasteiger partial charge in [-0.3, -0.25) is 4.79 Å². The molecule has 1 amide bonds. The molecule has 0 radical (unpaired) electrons. The van der Waals surface area contributed by atoms with Crippen molar-refractivity contribution in [2.45, 2.75) is 38.1 Å². The summed E-state index contributed by atoms with van der Waals surface area (Å²) in [6, 6.07) is 7.85. The number of amides is 1. The van der Waals surface area contributed by atoms with Crippen LogP contribution in [0.25, 0.3) is 0 Å². The van der Waals surface area contributed by atoms with Crippen LogP contribution in [0.3, 0.4) is 0 Å². The predicted octanol–water partition coefficient (Wildman–Crippen LogP) is 2.73. The van der Waals surface area contributed by atoms with E-state index in [1.807, 2.05) is 24.3 Å². The van der Waals surface area contributed by atoms with E-state index in [-0.39, 0.29) is 23.9 Å². The number of methoxy groups -OCH3 is 1. The van der Waals surface area contributed by atoms with Gasteiger partial charge in [0.05, 0.1) is 12.1 Å². The minimum absolute atomic E-state index is 0.